The van der Waals surface area contributed by atoms with Crippen LogP contribution in [0.4, 0.5) is 10.5 Å². The Morgan fingerprint density at radius 1 is 1.14 bits per heavy atom. The molecule has 5 heteroatoms. The first-order valence-electron chi connectivity index (χ1n) is 7.95. The number of nitrogens with one attached hydrogen (secondary N) is 1. The molecule has 1 aliphatic rings. The second-order valence-electron chi connectivity index (χ2n) is 5.90. The van der Waals surface area contributed by atoms with Crippen molar-refractivity contribution in [2.24, 2.45) is 0 Å². The Morgan fingerprint density at radius 3 is 2.36 bits per heavy atom. The van der Waals surface area contributed by atoms with E-state index < -0.39 is 0 Å². The Balaban J connectivity index is 1.81. The zero-order valence-electron chi connectivity index (χ0n) is 13.9. The highest BCUT2D eigenvalue weighted by atomic mass is 16.5. The first-order chi connectivity index (χ1) is 10.6. The van der Waals surface area contributed by atoms with Crippen molar-refractivity contribution in [3.8, 4) is 0 Å². The third-order valence-corrected chi connectivity index (χ3v) is 3.94. The lowest BCUT2D eigenvalue weighted by Crippen LogP contribution is -2.52. The average Bonchev–Trinajstić information content (AvgIpc) is 2.50. The number of methoxy groups -OCH3 is 1. The molecule has 2 rings (SSSR count). The highest BCUT2D eigenvalue weighted by Crippen LogP contribution is 2.20. The fraction of sp³-hybridized carbons (Fsp3) is 0.588. The molecule has 0 bridgehead atoms. The zero-order chi connectivity index (χ0) is 15.9. The van der Waals surface area contributed by atoms with Gasteiger partial charge in [0.15, 0.2) is 0 Å². The van der Waals surface area contributed by atoms with Crippen LogP contribution in [0.3, 0.4) is 0 Å². The van der Waals surface area contributed by atoms with E-state index in [1.807, 2.05) is 4.90 Å². The summed E-state index contributed by atoms with van der Waals surface area (Å²) in [4.78, 5) is 16.3. The van der Waals surface area contributed by atoms with Crippen LogP contribution in [0.5, 0.6) is 0 Å². The minimum atomic E-state index is 0.0381. The van der Waals surface area contributed by atoms with Gasteiger partial charge >= 0.3 is 6.03 Å². The molecule has 1 aromatic carbocycles. The number of rotatable bonds is 5. The van der Waals surface area contributed by atoms with Crippen molar-refractivity contribution < 1.29 is 9.53 Å². The second kappa shape index (κ2) is 8.03. The molecule has 22 heavy (non-hydrogen) atoms. The van der Waals surface area contributed by atoms with Crippen LogP contribution in [0.1, 0.15) is 17.5 Å². The maximum absolute atomic E-state index is 12.1. The van der Waals surface area contributed by atoms with E-state index in [4.69, 9.17) is 4.74 Å². The van der Waals surface area contributed by atoms with Crippen LogP contribution < -0.4 is 10.2 Å². The smallest absolute Gasteiger partial charge is 0.317 e. The van der Waals surface area contributed by atoms with Gasteiger partial charge in [0.25, 0.3) is 0 Å². The number of benzene rings is 1. The Kier molecular flexibility index (Phi) is 6.07. The van der Waals surface area contributed by atoms with Crippen LogP contribution >= 0.6 is 0 Å². The highest BCUT2D eigenvalue weighted by Gasteiger charge is 2.21. The van der Waals surface area contributed by atoms with Crippen LogP contribution in [-0.4, -0.2) is 57.4 Å². The molecule has 0 aliphatic carbocycles. The summed E-state index contributed by atoms with van der Waals surface area (Å²) < 4.78 is 4.98. The van der Waals surface area contributed by atoms with Crippen molar-refractivity contribution >= 4 is 11.7 Å². The lowest BCUT2D eigenvalue weighted by atomic mass is 10.1. The van der Waals surface area contributed by atoms with Crippen LogP contribution in [0, 0.1) is 13.8 Å². The topological polar surface area (TPSA) is 44.8 Å². The predicted molar refractivity (Wildman–Crippen MR) is 89.6 cm³/mol. The summed E-state index contributed by atoms with van der Waals surface area (Å²) in [6.45, 7) is 8.90. The monoisotopic (exact) mass is 305 g/mol. The molecule has 0 spiro atoms. The number of carbonyl (C=O) groups excluding carboxylic acids is 1. The van der Waals surface area contributed by atoms with Crippen LogP contribution in [0.15, 0.2) is 18.2 Å². The summed E-state index contributed by atoms with van der Waals surface area (Å²) >= 11 is 0. The average molecular weight is 305 g/mol. The minimum absolute atomic E-state index is 0.0381. The maximum atomic E-state index is 12.1. The van der Waals surface area contributed by atoms with Gasteiger partial charge in [0.05, 0.1) is 0 Å². The SMILES string of the molecule is COCCCNC(=O)N1CCN(c2cc(C)cc(C)c2)CC1. The van der Waals surface area contributed by atoms with Gasteiger partial charge in [-0.2, -0.15) is 0 Å². The molecule has 0 saturated carbocycles. The normalized spacial score (nSPS) is 15.0. The van der Waals surface area contributed by atoms with E-state index in [2.05, 4.69) is 42.3 Å². The maximum Gasteiger partial charge on any atom is 0.317 e. The number of hydrogen-bond acceptors (Lipinski definition) is 3. The minimum Gasteiger partial charge on any atom is -0.385 e. The number of urea groups is 1. The van der Waals surface area contributed by atoms with Crippen molar-refractivity contribution in [2.45, 2.75) is 20.3 Å². The summed E-state index contributed by atoms with van der Waals surface area (Å²) in [5.41, 5.74) is 3.83. The molecule has 122 valence electrons. The Bertz CT molecular complexity index is 476. The van der Waals surface area contributed by atoms with Crippen molar-refractivity contribution in [3.63, 3.8) is 0 Å². The fourth-order valence-corrected chi connectivity index (χ4v) is 2.82. The summed E-state index contributed by atoms with van der Waals surface area (Å²) in [5.74, 6) is 0. The van der Waals surface area contributed by atoms with E-state index in [-0.39, 0.29) is 6.03 Å². The van der Waals surface area contributed by atoms with Gasteiger partial charge in [-0.25, -0.2) is 4.79 Å². The number of aryl methyl sites for hydroxylation is 2. The molecule has 1 aliphatic heterocycles. The van der Waals surface area contributed by atoms with Crippen molar-refractivity contribution in [2.75, 3.05) is 51.3 Å². The zero-order valence-corrected chi connectivity index (χ0v) is 13.9. The van der Waals surface area contributed by atoms with Gasteiger partial charge in [0.1, 0.15) is 0 Å². The summed E-state index contributed by atoms with van der Waals surface area (Å²) in [5, 5.41) is 2.95. The number of hydrogen-bond donors (Lipinski definition) is 1. The number of carbonyl (C=O) groups is 1. The molecule has 2 amide bonds. The number of ether oxygens (including phenoxy) is 1. The van der Waals surface area contributed by atoms with Gasteiger partial charge in [0, 0.05) is 52.1 Å². The van der Waals surface area contributed by atoms with E-state index in [1.54, 1.807) is 7.11 Å². The summed E-state index contributed by atoms with van der Waals surface area (Å²) in [7, 11) is 1.67. The molecular weight excluding hydrogens is 278 g/mol. The van der Waals surface area contributed by atoms with E-state index in [9.17, 15) is 4.79 Å². The largest absolute Gasteiger partial charge is 0.385 e. The number of anilines is 1. The van der Waals surface area contributed by atoms with Gasteiger partial charge in [-0.15, -0.1) is 0 Å². The molecule has 0 radical (unpaired) electrons. The quantitative estimate of drug-likeness (QED) is 0.848. The van der Waals surface area contributed by atoms with E-state index in [0.29, 0.717) is 13.2 Å². The molecule has 0 atom stereocenters. The summed E-state index contributed by atoms with van der Waals surface area (Å²) in [6, 6.07) is 6.66. The third-order valence-electron chi connectivity index (χ3n) is 3.94. The van der Waals surface area contributed by atoms with Gasteiger partial charge in [0.2, 0.25) is 0 Å². The van der Waals surface area contributed by atoms with Crippen LogP contribution in [0.25, 0.3) is 0 Å². The standard InChI is InChI=1S/C17H27N3O2/c1-14-11-15(2)13-16(12-14)19-6-8-20(9-7-19)17(21)18-5-4-10-22-3/h11-13H,4-10H2,1-3H3,(H,18,21). The Morgan fingerprint density at radius 2 is 1.77 bits per heavy atom. The van der Waals surface area contributed by atoms with E-state index in [1.165, 1.54) is 16.8 Å². The van der Waals surface area contributed by atoms with Crippen molar-refractivity contribution in [1.29, 1.82) is 0 Å². The molecule has 1 fully saturated rings. The first kappa shape index (κ1) is 16.6. The fourth-order valence-electron chi connectivity index (χ4n) is 2.82. The van der Waals surface area contributed by atoms with Crippen molar-refractivity contribution in [3.05, 3.63) is 29.3 Å². The van der Waals surface area contributed by atoms with Crippen LogP contribution in [0.2, 0.25) is 0 Å². The van der Waals surface area contributed by atoms with E-state index in [0.717, 1.165) is 32.6 Å². The van der Waals surface area contributed by atoms with Gasteiger partial charge < -0.3 is 19.9 Å². The highest BCUT2D eigenvalue weighted by molar-refractivity contribution is 5.74. The first-order valence-corrected chi connectivity index (χ1v) is 7.95. The predicted octanol–water partition coefficient (Wildman–Crippen LogP) is 2.17. The second-order valence-corrected chi connectivity index (χ2v) is 5.90. The summed E-state index contributed by atoms with van der Waals surface area (Å²) in [6.07, 6.45) is 0.852. The molecule has 0 aromatic heterocycles. The number of amides is 2. The van der Waals surface area contributed by atoms with Crippen molar-refractivity contribution in [1.82, 2.24) is 10.2 Å². The lowest BCUT2D eigenvalue weighted by Gasteiger charge is -2.36. The van der Waals surface area contributed by atoms with Gasteiger partial charge in [-0.3, -0.25) is 0 Å². The molecule has 0 unspecified atom stereocenters. The molecule has 1 N–H and O–H groups in total. The third kappa shape index (κ3) is 4.63. The van der Waals surface area contributed by atoms with E-state index >= 15 is 0 Å². The molecule has 1 aromatic rings. The number of nitrogens with zero attached hydrogens (tertiary/aromatic N) is 2. The molecule has 1 heterocycles. The van der Waals surface area contributed by atoms with Gasteiger partial charge in [-0.1, -0.05) is 6.07 Å². The van der Waals surface area contributed by atoms with Crippen LogP contribution in [-0.2, 0) is 4.74 Å². The molecule has 1 saturated heterocycles. The molecular formula is C17H27N3O2. The lowest BCUT2D eigenvalue weighted by molar-refractivity contribution is 0.183. The van der Waals surface area contributed by atoms with Gasteiger partial charge in [-0.05, 0) is 43.5 Å². The Hall–Kier alpha value is -1.75. The number of piperazine rings is 1. The Labute approximate surface area is 133 Å². The molecule has 5 nitrogen and oxygen atoms in total.